The predicted octanol–water partition coefficient (Wildman–Crippen LogP) is 6.44. The number of rotatable bonds is 10. The van der Waals surface area contributed by atoms with Gasteiger partial charge in [-0.05, 0) is 10.8 Å². The van der Waals surface area contributed by atoms with Crippen molar-refractivity contribution in [2.45, 2.75) is 40.5 Å². The molecule has 0 bridgehead atoms. The minimum atomic E-state index is -2.43. The van der Waals surface area contributed by atoms with E-state index in [9.17, 15) is 53.5 Å². The van der Waals surface area contributed by atoms with Gasteiger partial charge in [-0.1, -0.05) is 27.7 Å². The fourth-order valence-corrected chi connectivity index (χ4v) is 3.14. The van der Waals surface area contributed by atoms with Crippen LogP contribution in [0.15, 0.2) is 0 Å². The molecule has 216 valence electrons. The Morgan fingerprint density at radius 3 is 0.974 bits per heavy atom. The third-order valence-electron chi connectivity index (χ3n) is 5.00. The lowest BCUT2D eigenvalue weighted by Gasteiger charge is -2.28. The Kier molecular flexibility index (Phi) is 9.64. The fraction of sp³-hybridized carbons (Fsp3) is 0.417. The Balaban J connectivity index is 1.96. The molecule has 2 aromatic rings. The molecule has 5 nitrogen and oxygen atoms in total. The van der Waals surface area contributed by atoms with E-state index in [4.69, 9.17) is 4.74 Å². The Bertz CT molecular complexity index is 1140. The Hall–Kier alpha value is -3.36. The number of esters is 2. The molecule has 0 aliphatic carbocycles. The van der Waals surface area contributed by atoms with Crippen LogP contribution in [0.5, 0.6) is 11.5 Å². The number of hydrogen-bond acceptors (Lipinski definition) is 5. The van der Waals surface area contributed by atoms with Crippen molar-refractivity contribution in [3.05, 3.63) is 58.2 Å². The van der Waals surface area contributed by atoms with Crippen molar-refractivity contribution >= 4 is 11.9 Å². The largest absolute Gasteiger partial charge is 0.420 e. The van der Waals surface area contributed by atoms with Crippen LogP contribution in [0.25, 0.3) is 0 Å². The van der Waals surface area contributed by atoms with Crippen LogP contribution in [0.4, 0.5) is 43.9 Å². The molecule has 15 heteroatoms. The Morgan fingerprint density at radius 2 is 0.718 bits per heavy atom. The summed E-state index contributed by atoms with van der Waals surface area (Å²) in [6.07, 6.45) is -1.26. The number of hydrogen-bond donors (Lipinski definition) is 0. The van der Waals surface area contributed by atoms with Crippen LogP contribution in [0, 0.1) is 69.0 Å². The maximum absolute atomic E-state index is 13.7. The van der Waals surface area contributed by atoms with Crippen LogP contribution in [0.3, 0.4) is 0 Å². The van der Waals surface area contributed by atoms with E-state index in [1.807, 2.05) is 0 Å². The van der Waals surface area contributed by atoms with Crippen molar-refractivity contribution in [1.29, 1.82) is 0 Å². The predicted molar refractivity (Wildman–Crippen MR) is 111 cm³/mol. The topological polar surface area (TPSA) is 61.8 Å². The van der Waals surface area contributed by atoms with Crippen LogP contribution in [-0.4, -0.2) is 25.2 Å². The monoisotopic (exact) mass is 578 g/mol. The highest BCUT2D eigenvalue weighted by Gasteiger charge is 2.33. The zero-order valence-electron chi connectivity index (χ0n) is 20.6. The zero-order valence-corrected chi connectivity index (χ0v) is 20.6. The summed E-state index contributed by atoms with van der Waals surface area (Å²) in [5.41, 5.74) is -2.29. The molecule has 2 aromatic carbocycles. The van der Waals surface area contributed by atoms with E-state index >= 15 is 0 Å². The molecule has 0 atom stereocenters. The standard InChI is InChI=1S/C24H20F10O5/c1-23(2,5-9(35)38-21-17(31)13(27)11(25)14(28)18(21)32)7-37-8-24(3,4)6-10(36)39-22-19(33)15(29)12(26)16(30)20(22)34/h5-8H2,1-4H3. The van der Waals surface area contributed by atoms with Crippen LogP contribution in [-0.2, 0) is 14.3 Å². The number of halogens is 10. The van der Waals surface area contributed by atoms with Crippen LogP contribution in [0.2, 0.25) is 0 Å². The highest BCUT2D eigenvalue weighted by molar-refractivity contribution is 5.73. The smallest absolute Gasteiger partial charge is 0.312 e. The summed E-state index contributed by atoms with van der Waals surface area (Å²) in [5, 5.41) is 0. The van der Waals surface area contributed by atoms with E-state index in [2.05, 4.69) is 9.47 Å². The van der Waals surface area contributed by atoms with E-state index in [0.717, 1.165) is 0 Å². The van der Waals surface area contributed by atoms with E-state index in [1.54, 1.807) is 0 Å². The number of ether oxygens (including phenoxy) is 3. The summed E-state index contributed by atoms with van der Waals surface area (Å²) in [5.74, 6) is -29.7. The molecule has 0 aliphatic rings. The summed E-state index contributed by atoms with van der Waals surface area (Å²) in [7, 11) is 0. The molecule has 0 saturated heterocycles. The van der Waals surface area contributed by atoms with Gasteiger partial charge in [-0.3, -0.25) is 9.59 Å². The van der Waals surface area contributed by atoms with Gasteiger partial charge in [0.1, 0.15) is 0 Å². The molecule has 39 heavy (non-hydrogen) atoms. The zero-order chi connectivity index (χ0) is 30.0. The summed E-state index contributed by atoms with van der Waals surface area (Å²) in [6, 6.07) is 0. The van der Waals surface area contributed by atoms with Crippen molar-refractivity contribution in [3.63, 3.8) is 0 Å². The Labute approximate surface area is 214 Å². The quantitative estimate of drug-likeness (QED) is 0.107. The SMILES string of the molecule is CC(C)(COCC(C)(C)CC(=O)Oc1c(F)c(F)c(F)c(F)c1F)CC(=O)Oc1c(F)c(F)c(F)c(F)c1F. The summed E-state index contributed by atoms with van der Waals surface area (Å²) in [6.45, 7) is 5.09. The molecule has 0 aliphatic heterocycles. The third kappa shape index (κ3) is 7.40. The average molecular weight is 578 g/mol. The molecule has 0 saturated carbocycles. The molecule has 0 radical (unpaired) electrons. The first-order valence-electron chi connectivity index (χ1n) is 10.8. The van der Waals surface area contributed by atoms with Gasteiger partial charge in [0.15, 0.2) is 0 Å². The minimum absolute atomic E-state index is 0.282. The molecule has 0 spiro atoms. The summed E-state index contributed by atoms with van der Waals surface area (Å²) in [4.78, 5) is 24.2. The van der Waals surface area contributed by atoms with Crippen molar-refractivity contribution in [2.24, 2.45) is 10.8 Å². The van der Waals surface area contributed by atoms with Gasteiger partial charge in [-0.15, -0.1) is 0 Å². The molecule has 0 N–H and O–H groups in total. The summed E-state index contributed by atoms with van der Waals surface area (Å²) >= 11 is 0. The molecule has 0 amide bonds. The number of carbonyl (C=O) groups excluding carboxylic acids is 2. The van der Waals surface area contributed by atoms with Crippen molar-refractivity contribution in [1.82, 2.24) is 0 Å². The molecule has 0 aromatic heterocycles. The second kappa shape index (κ2) is 11.8. The molecule has 0 heterocycles. The third-order valence-corrected chi connectivity index (χ3v) is 5.00. The van der Waals surface area contributed by atoms with Gasteiger partial charge < -0.3 is 14.2 Å². The second-order valence-corrected chi connectivity index (χ2v) is 9.92. The first-order chi connectivity index (χ1) is 17.8. The maximum Gasteiger partial charge on any atom is 0.312 e. The number of benzene rings is 2. The van der Waals surface area contributed by atoms with Gasteiger partial charge in [0, 0.05) is 0 Å². The highest BCUT2D eigenvalue weighted by Crippen LogP contribution is 2.33. The van der Waals surface area contributed by atoms with Gasteiger partial charge >= 0.3 is 11.9 Å². The van der Waals surface area contributed by atoms with E-state index in [1.165, 1.54) is 27.7 Å². The molecule has 0 unspecified atom stereocenters. The van der Waals surface area contributed by atoms with Crippen molar-refractivity contribution < 1.29 is 67.7 Å². The lowest BCUT2D eigenvalue weighted by atomic mass is 9.89. The summed E-state index contributed by atoms with van der Waals surface area (Å²) < 4.78 is 148. The second-order valence-electron chi connectivity index (χ2n) is 9.92. The number of carbonyl (C=O) groups is 2. The van der Waals surface area contributed by atoms with E-state index in [-0.39, 0.29) is 13.2 Å². The van der Waals surface area contributed by atoms with Gasteiger partial charge in [-0.25, -0.2) is 26.3 Å². The van der Waals surface area contributed by atoms with E-state index < -0.39 is 105 Å². The minimum Gasteiger partial charge on any atom is -0.420 e. The van der Waals surface area contributed by atoms with Crippen LogP contribution < -0.4 is 9.47 Å². The fourth-order valence-electron chi connectivity index (χ4n) is 3.14. The average Bonchev–Trinajstić information content (AvgIpc) is 2.83. The van der Waals surface area contributed by atoms with Crippen molar-refractivity contribution in [2.75, 3.05) is 13.2 Å². The van der Waals surface area contributed by atoms with E-state index in [0.29, 0.717) is 0 Å². The molecule has 0 fully saturated rings. The van der Waals surface area contributed by atoms with Gasteiger partial charge in [0.25, 0.3) is 0 Å². The van der Waals surface area contributed by atoms with Crippen LogP contribution >= 0.6 is 0 Å². The van der Waals surface area contributed by atoms with Gasteiger partial charge in [0.05, 0.1) is 26.1 Å². The van der Waals surface area contributed by atoms with Gasteiger partial charge in [-0.2, -0.15) is 17.6 Å². The molecular formula is C24H20F10O5. The normalized spacial score (nSPS) is 12.1. The highest BCUT2D eigenvalue weighted by atomic mass is 19.2. The first kappa shape index (κ1) is 31.9. The maximum atomic E-state index is 13.7. The van der Waals surface area contributed by atoms with Crippen molar-refractivity contribution in [3.8, 4) is 11.5 Å². The lowest BCUT2D eigenvalue weighted by molar-refractivity contribution is -0.138. The molecular weight excluding hydrogens is 558 g/mol. The first-order valence-corrected chi connectivity index (χ1v) is 10.8. The van der Waals surface area contributed by atoms with Gasteiger partial charge in [0.2, 0.25) is 69.7 Å². The molecule has 2 rings (SSSR count). The lowest BCUT2D eigenvalue weighted by Crippen LogP contribution is -2.30. The van der Waals surface area contributed by atoms with Crippen LogP contribution in [0.1, 0.15) is 40.5 Å². The Morgan fingerprint density at radius 1 is 0.487 bits per heavy atom.